The van der Waals surface area contributed by atoms with Gasteiger partial charge in [-0.05, 0) is 13.3 Å². The van der Waals surface area contributed by atoms with Gasteiger partial charge in [0.25, 0.3) is 0 Å². The van der Waals surface area contributed by atoms with E-state index in [2.05, 4.69) is 0 Å². The highest BCUT2D eigenvalue weighted by Gasteiger charge is 2.16. The third-order valence-corrected chi connectivity index (χ3v) is 3.46. The lowest BCUT2D eigenvalue weighted by Crippen LogP contribution is -2.23. The van der Waals surface area contributed by atoms with Crippen molar-refractivity contribution in [2.45, 2.75) is 38.9 Å². The molecule has 0 spiro atoms. The summed E-state index contributed by atoms with van der Waals surface area (Å²) in [6.45, 7) is 5.53. The van der Waals surface area contributed by atoms with Gasteiger partial charge in [-0.25, -0.2) is 0 Å². The number of carbonyl (C=O) groups excluding carboxylic acids is 1. The number of hydrogen-bond acceptors (Lipinski definition) is 2. The Labute approximate surface area is 70.8 Å². The molecule has 0 rings (SSSR count). The van der Waals surface area contributed by atoms with Crippen LogP contribution in [0.15, 0.2) is 0 Å². The van der Waals surface area contributed by atoms with E-state index >= 15 is 0 Å². The average Bonchev–Trinajstić information content (AvgIpc) is 2.02. The Kier molecular flexibility index (Phi) is 5.38. The maximum absolute atomic E-state index is 11.2. The molecule has 11 heavy (non-hydrogen) atoms. The van der Waals surface area contributed by atoms with Crippen molar-refractivity contribution in [1.82, 2.24) is 0 Å². The first-order valence-electron chi connectivity index (χ1n) is 4.03. The van der Waals surface area contributed by atoms with Crippen LogP contribution in [0, 0.1) is 0 Å². The fourth-order valence-electron chi connectivity index (χ4n) is 0.812. The minimum Gasteiger partial charge on any atom is -0.298 e. The molecule has 0 saturated heterocycles. The second kappa shape index (κ2) is 5.47. The molecule has 0 fully saturated rings. The summed E-state index contributed by atoms with van der Waals surface area (Å²) < 4.78 is 11.2. The Hall–Kier alpha value is -0.180. The Morgan fingerprint density at radius 3 is 2.36 bits per heavy atom. The summed E-state index contributed by atoms with van der Waals surface area (Å²) in [5, 5.41) is -0.264. The van der Waals surface area contributed by atoms with Gasteiger partial charge in [-0.15, -0.1) is 0 Å². The molecule has 0 saturated carbocycles. The Morgan fingerprint density at radius 2 is 2.00 bits per heavy atom. The fraction of sp³-hybridized carbons (Fsp3) is 0.875. The molecule has 0 heterocycles. The van der Waals surface area contributed by atoms with Crippen molar-refractivity contribution in [2.75, 3.05) is 5.75 Å². The van der Waals surface area contributed by atoms with E-state index in [1.54, 1.807) is 6.92 Å². The van der Waals surface area contributed by atoms with Crippen molar-refractivity contribution in [3.8, 4) is 0 Å². The largest absolute Gasteiger partial charge is 0.298 e. The van der Waals surface area contributed by atoms with Crippen LogP contribution in [0.25, 0.3) is 0 Å². The van der Waals surface area contributed by atoms with Crippen LogP contribution in [0.1, 0.15) is 33.6 Å². The number of Topliss-reactive ketones (excluding diaryl/α,β-unsaturated/α-hetero) is 1. The van der Waals surface area contributed by atoms with E-state index in [0.717, 1.165) is 6.42 Å². The Bertz CT molecular complexity index is 154. The monoisotopic (exact) mass is 176 g/mol. The first-order chi connectivity index (χ1) is 5.13. The number of hydrogen-bond donors (Lipinski definition) is 0. The number of carbonyl (C=O) groups is 1. The molecule has 3 heteroatoms. The smallest absolute Gasteiger partial charge is 0.147 e. The molecule has 0 aliphatic carbocycles. The lowest BCUT2D eigenvalue weighted by Gasteiger charge is -2.07. The minimum atomic E-state index is -0.944. The van der Waals surface area contributed by atoms with Crippen molar-refractivity contribution in [2.24, 2.45) is 0 Å². The fourth-order valence-corrected chi connectivity index (χ4v) is 2.03. The molecule has 0 aromatic heterocycles. The predicted octanol–water partition coefficient (Wildman–Crippen LogP) is 1.51. The van der Waals surface area contributed by atoms with E-state index in [9.17, 15) is 9.00 Å². The summed E-state index contributed by atoms with van der Waals surface area (Å²) in [6.07, 6.45) is 1.38. The van der Waals surface area contributed by atoms with Gasteiger partial charge in [-0.3, -0.25) is 9.00 Å². The van der Waals surface area contributed by atoms with Crippen LogP contribution < -0.4 is 0 Å². The zero-order valence-electron chi connectivity index (χ0n) is 7.42. The molecule has 0 aromatic rings. The summed E-state index contributed by atoms with van der Waals surface area (Å²) >= 11 is 0. The summed E-state index contributed by atoms with van der Waals surface area (Å²) in [5.74, 6) is 0.754. The van der Waals surface area contributed by atoms with Gasteiger partial charge in [0.2, 0.25) is 0 Å². The Balaban J connectivity index is 3.91. The first kappa shape index (κ1) is 10.8. The Morgan fingerprint density at radius 1 is 1.45 bits per heavy atom. The molecule has 0 radical (unpaired) electrons. The zero-order chi connectivity index (χ0) is 8.85. The summed E-state index contributed by atoms with van der Waals surface area (Å²) in [4.78, 5) is 11.0. The molecule has 0 aliphatic heterocycles. The van der Waals surface area contributed by atoms with Gasteiger partial charge in [0.05, 0.1) is 5.25 Å². The lowest BCUT2D eigenvalue weighted by atomic mass is 10.2. The summed E-state index contributed by atoms with van der Waals surface area (Å²) in [7, 11) is -0.944. The maximum Gasteiger partial charge on any atom is 0.147 e. The quantitative estimate of drug-likeness (QED) is 0.636. The van der Waals surface area contributed by atoms with Crippen LogP contribution in [-0.4, -0.2) is 21.0 Å². The zero-order valence-corrected chi connectivity index (χ0v) is 8.24. The van der Waals surface area contributed by atoms with Gasteiger partial charge < -0.3 is 0 Å². The normalized spacial score (nSPS) is 15.9. The topological polar surface area (TPSA) is 34.1 Å². The first-order valence-corrected chi connectivity index (χ1v) is 5.41. The molecule has 0 N–H and O–H groups in total. The van der Waals surface area contributed by atoms with Crippen molar-refractivity contribution in [1.29, 1.82) is 0 Å². The SMILES string of the molecule is CCCS(=O)C(C)C(=O)CC. The van der Waals surface area contributed by atoms with Gasteiger partial charge in [-0.1, -0.05) is 13.8 Å². The second-order valence-electron chi connectivity index (χ2n) is 2.55. The maximum atomic E-state index is 11.2. The van der Waals surface area contributed by atoms with Gasteiger partial charge in [-0.2, -0.15) is 0 Å². The molecule has 2 unspecified atom stereocenters. The van der Waals surface area contributed by atoms with Gasteiger partial charge >= 0.3 is 0 Å². The number of ketones is 1. The highest BCUT2D eigenvalue weighted by molar-refractivity contribution is 7.86. The van der Waals surface area contributed by atoms with Gasteiger partial charge in [0.1, 0.15) is 5.78 Å². The van der Waals surface area contributed by atoms with Crippen LogP contribution in [-0.2, 0) is 15.6 Å². The molecule has 66 valence electrons. The van der Waals surface area contributed by atoms with Crippen molar-refractivity contribution in [3.63, 3.8) is 0 Å². The average molecular weight is 176 g/mol. The van der Waals surface area contributed by atoms with E-state index in [-0.39, 0.29) is 11.0 Å². The van der Waals surface area contributed by atoms with E-state index in [0.29, 0.717) is 12.2 Å². The number of rotatable bonds is 5. The predicted molar refractivity (Wildman–Crippen MR) is 48.1 cm³/mol. The highest BCUT2D eigenvalue weighted by atomic mass is 32.2. The van der Waals surface area contributed by atoms with Crippen LogP contribution >= 0.6 is 0 Å². The minimum absolute atomic E-state index is 0.108. The standard InChI is InChI=1S/C8H16O2S/c1-4-6-11(10)7(3)8(9)5-2/h7H,4-6H2,1-3H3. The lowest BCUT2D eigenvalue weighted by molar-refractivity contribution is -0.118. The molecular weight excluding hydrogens is 160 g/mol. The van der Waals surface area contributed by atoms with Crippen LogP contribution in [0.2, 0.25) is 0 Å². The van der Waals surface area contributed by atoms with E-state index < -0.39 is 10.8 Å². The third-order valence-electron chi connectivity index (χ3n) is 1.60. The van der Waals surface area contributed by atoms with Crippen molar-refractivity contribution < 1.29 is 9.00 Å². The molecule has 2 atom stereocenters. The highest BCUT2D eigenvalue weighted by Crippen LogP contribution is 2.01. The third kappa shape index (κ3) is 3.65. The second-order valence-corrected chi connectivity index (χ2v) is 4.42. The van der Waals surface area contributed by atoms with E-state index in [1.807, 2.05) is 13.8 Å². The van der Waals surface area contributed by atoms with Crippen molar-refractivity contribution >= 4 is 16.6 Å². The van der Waals surface area contributed by atoms with E-state index in [1.165, 1.54) is 0 Å². The van der Waals surface area contributed by atoms with Crippen LogP contribution in [0.3, 0.4) is 0 Å². The summed E-state index contributed by atoms with van der Waals surface area (Å²) in [6, 6.07) is 0. The molecule has 0 amide bonds. The molecule has 0 bridgehead atoms. The van der Waals surface area contributed by atoms with Gasteiger partial charge in [0.15, 0.2) is 0 Å². The summed E-state index contributed by atoms with van der Waals surface area (Å²) in [5.41, 5.74) is 0. The molecule has 0 aromatic carbocycles. The molecule has 2 nitrogen and oxygen atoms in total. The molecule has 0 aliphatic rings. The van der Waals surface area contributed by atoms with Crippen LogP contribution in [0.5, 0.6) is 0 Å². The van der Waals surface area contributed by atoms with Gasteiger partial charge in [0, 0.05) is 23.0 Å². The van der Waals surface area contributed by atoms with E-state index in [4.69, 9.17) is 0 Å². The van der Waals surface area contributed by atoms with Crippen molar-refractivity contribution in [3.05, 3.63) is 0 Å². The van der Waals surface area contributed by atoms with Crippen LogP contribution in [0.4, 0.5) is 0 Å². The molecular formula is C8H16O2S.